The predicted molar refractivity (Wildman–Crippen MR) is 76.2 cm³/mol. The summed E-state index contributed by atoms with van der Waals surface area (Å²) in [6, 6.07) is 0. The fourth-order valence-electron chi connectivity index (χ4n) is 2.36. The molecule has 0 saturated heterocycles. The third kappa shape index (κ3) is 5.12. The monoisotopic (exact) mass is 292 g/mol. The largest absolute Gasteiger partial charge is 0.161 e. The summed E-state index contributed by atoms with van der Waals surface area (Å²) in [6.45, 7) is 2.28. The average molecular weight is 293 g/mol. The van der Waals surface area contributed by atoms with Crippen molar-refractivity contribution < 1.29 is 0 Å². The summed E-state index contributed by atoms with van der Waals surface area (Å²) in [5.74, 6) is 2.77. The first-order chi connectivity index (χ1) is 7.33. The average Bonchev–Trinajstić information content (AvgIpc) is 2.30. The van der Waals surface area contributed by atoms with E-state index in [1.165, 1.54) is 68.2 Å². The van der Waals surface area contributed by atoms with E-state index in [9.17, 15) is 0 Å². The van der Waals surface area contributed by atoms with Crippen molar-refractivity contribution in [2.24, 2.45) is 5.41 Å². The minimum absolute atomic E-state index is 0.648. The molecular weight excluding hydrogens is 268 g/mol. The standard InChI is InChI=1S/C13H25BrS/c1-2-3-7-10-15-12-13(11-14)8-5-4-6-9-13/h2-12H2,1H3. The van der Waals surface area contributed by atoms with Crippen molar-refractivity contribution in [1.29, 1.82) is 0 Å². The molecule has 0 radical (unpaired) electrons. The minimum atomic E-state index is 0.648. The molecular formula is C13H25BrS. The van der Waals surface area contributed by atoms with Gasteiger partial charge in [0.1, 0.15) is 0 Å². The summed E-state index contributed by atoms with van der Waals surface area (Å²) in [5.41, 5.74) is 0.648. The van der Waals surface area contributed by atoms with Crippen LogP contribution in [-0.4, -0.2) is 16.8 Å². The molecule has 0 atom stereocenters. The molecule has 1 aliphatic rings. The Morgan fingerprint density at radius 3 is 2.47 bits per heavy atom. The third-order valence-corrected chi connectivity index (χ3v) is 6.08. The van der Waals surface area contributed by atoms with Gasteiger partial charge in [-0.25, -0.2) is 0 Å². The van der Waals surface area contributed by atoms with Gasteiger partial charge in [0.15, 0.2) is 0 Å². The van der Waals surface area contributed by atoms with Crippen LogP contribution in [0.4, 0.5) is 0 Å². The van der Waals surface area contributed by atoms with E-state index < -0.39 is 0 Å². The molecule has 1 rings (SSSR count). The maximum atomic E-state index is 3.74. The summed E-state index contributed by atoms with van der Waals surface area (Å²) in [4.78, 5) is 0. The highest BCUT2D eigenvalue weighted by Gasteiger charge is 2.30. The van der Waals surface area contributed by atoms with E-state index in [4.69, 9.17) is 0 Å². The van der Waals surface area contributed by atoms with Crippen LogP contribution in [0.15, 0.2) is 0 Å². The summed E-state index contributed by atoms with van der Waals surface area (Å²) >= 11 is 5.93. The van der Waals surface area contributed by atoms with Gasteiger partial charge < -0.3 is 0 Å². The second-order valence-corrected chi connectivity index (χ2v) is 6.62. The molecule has 0 heterocycles. The molecule has 0 aromatic rings. The first-order valence-electron chi connectivity index (χ1n) is 6.47. The van der Waals surface area contributed by atoms with Crippen LogP contribution in [0.25, 0.3) is 0 Å². The van der Waals surface area contributed by atoms with Gasteiger partial charge in [0.25, 0.3) is 0 Å². The van der Waals surface area contributed by atoms with Crippen LogP contribution in [0.1, 0.15) is 58.3 Å². The third-order valence-electron chi connectivity index (χ3n) is 3.50. The van der Waals surface area contributed by atoms with Gasteiger partial charge in [-0.2, -0.15) is 11.8 Å². The zero-order chi connectivity index (χ0) is 11.0. The topological polar surface area (TPSA) is 0 Å². The van der Waals surface area contributed by atoms with Crippen molar-refractivity contribution in [1.82, 2.24) is 0 Å². The molecule has 1 fully saturated rings. The molecule has 0 amide bonds. The van der Waals surface area contributed by atoms with Crippen molar-refractivity contribution in [2.75, 3.05) is 16.8 Å². The zero-order valence-electron chi connectivity index (χ0n) is 10.1. The lowest BCUT2D eigenvalue weighted by molar-refractivity contribution is 0.260. The highest BCUT2D eigenvalue weighted by atomic mass is 79.9. The molecule has 90 valence electrons. The molecule has 0 aliphatic heterocycles. The second kappa shape index (κ2) is 8.00. The van der Waals surface area contributed by atoms with E-state index in [1.54, 1.807) is 0 Å². The van der Waals surface area contributed by atoms with Gasteiger partial charge in [0.05, 0.1) is 0 Å². The molecule has 0 N–H and O–H groups in total. The molecule has 0 aromatic carbocycles. The Morgan fingerprint density at radius 2 is 1.87 bits per heavy atom. The van der Waals surface area contributed by atoms with Crippen LogP contribution in [-0.2, 0) is 0 Å². The summed E-state index contributed by atoms with van der Waals surface area (Å²) in [5, 5.41) is 1.22. The van der Waals surface area contributed by atoms with Gasteiger partial charge in [-0.15, -0.1) is 0 Å². The second-order valence-electron chi connectivity index (χ2n) is 4.95. The van der Waals surface area contributed by atoms with E-state index in [2.05, 4.69) is 34.6 Å². The van der Waals surface area contributed by atoms with Gasteiger partial charge in [0.2, 0.25) is 0 Å². The van der Waals surface area contributed by atoms with Gasteiger partial charge >= 0.3 is 0 Å². The van der Waals surface area contributed by atoms with Crippen molar-refractivity contribution >= 4 is 27.7 Å². The molecule has 15 heavy (non-hydrogen) atoms. The Labute approximate surface area is 108 Å². The van der Waals surface area contributed by atoms with Crippen LogP contribution in [0.2, 0.25) is 0 Å². The SMILES string of the molecule is CCCCCSCC1(CBr)CCCCC1. The number of hydrogen-bond donors (Lipinski definition) is 0. The number of rotatable bonds is 7. The van der Waals surface area contributed by atoms with Crippen LogP contribution < -0.4 is 0 Å². The fourth-order valence-corrected chi connectivity index (χ4v) is 4.76. The highest BCUT2D eigenvalue weighted by Crippen LogP contribution is 2.40. The van der Waals surface area contributed by atoms with E-state index in [-0.39, 0.29) is 0 Å². The van der Waals surface area contributed by atoms with Crippen LogP contribution in [0.3, 0.4) is 0 Å². The van der Waals surface area contributed by atoms with Crippen LogP contribution in [0, 0.1) is 5.41 Å². The molecule has 0 bridgehead atoms. The molecule has 1 aliphatic carbocycles. The Morgan fingerprint density at radius 1 is 1.13 bits per heavy atom. The van der Waals surface area contributed by atoms with Gasteiger partial charge in [-0.05, 0) is 36.2 Å². The Hall–Kier alpha value is 0.830. The lowest BCUT2D eigenvalue weighted by Gasteiger charge is -2.35. The molecule has 0 unspecified atom stereocenters. The quantitative estimate of drug-likeness (QED) is 0.456. The maximum absolute atomic E-state index is 3.74. The normalized spacial score (nSPS) is 20.4. The number of unbranched alkanes of at least 4 members (excludes halogenated alkanes) is 2. The zero-order valence-corrected chi connectivity index (χ0v) is 12.5. The Balaban J connectivity index is 2.15. The van der Waals surface area contributed by atoms with Crippen molar-refractivity contribution in [3.63, 3.8) is 0 Å². The molecule has 0 spiro atoms. The Kier molecular flexibility index (Phi) is 7.41. The maximum Gasteiger partial charge on any atom is 0.00958 e. The number of alkyl halides is 1. The van der Waals surface area contributed by atoms with E-state index in [1.807, 2.05) is 0 Å². The number of thioether (sulfide) groups is 1. The fraction of sp³-hybridized carbons (Fsp3) is 1.00. The molecule has 1 saturated carbocycles. The highest BCUT2D eigenvalue weighted by molar-refractivity contribution is 9.09. The number of halogens is 1. The van der Waals surface area contributed by atoms with Gasteiger partial charge in [0, 0.05) is 5.33 Å². The van der Waals surface area contributed by atoms with E-state index in [0.717, 1.165) is 0 Å². The first-order valence-corrected chi connectivity index (χ1v) is 8.74. The van der Waals surface area contributed by atoms with Crippen molar-refractivity contribution in [2.45, 2.75) is 58.3 Å². The summed E-state index contributed by atoms with van der Waals surface area (Å²) in [6.07, 6.45) is 11.5. The number of hydrogen-bond acceptors (Lipinski definition) is 1. The van der Waals surface area contributed by atoms with Crippen molar-refractivity contribution in [3.8, 4) is 0 Å². The lowest BCUT2D eigenvalue weighted by atomic mass is 9.77. The van der Waals surface area contributed by atoms with Gasteiger partial charge in [-0.3, -0.25) is 0 Å². The molecule has 0 aromatic heterocycles. The Bertz CT molecular complexity index is 153. The predicted octanol–water partition coefficient (Wildman–Crippen LogP) is 5.26. The molecule has 0 nitrogen and oxygen atoms in total. The lowest BCUT2D eigenvalue weighted by Crippen LogP contribution is -2.28. The van der Waals surface area contributed by atoms with E-state index in [0.29, 0.717) is 5.41 Å². The van der Waals surface area contributed by atoms with Crippen molar-refractivity contribution in [3.05, 3.63) is 0 Å². The minimum Gasteiger partial charge on any atom is -0.161 e. The first kappa shape index (κ1) is 13.9. The van der Waals surface area contributed by atoms with Crippen LogP contribution in [0.5, 0.6) is 0 Å². The summed E-state index contributed by atoms with van der Waals surface area (Å²) in [7, 11) is 0. The van der Waals surface area contributed by atoms with Crippen LogP contribution >= 0.6 is 27.7 Å². The smallest absolute Gasteiger partial charge is 0.00958 e. The van der Waals surface area contributed by atoms with Gasteiger partial charge in [-0.1, -0.05) is 55.0 Å². The summed E-state index contributed by atoms with van der Waals surface area (Å²) < 4.78 is 0. The van der Waals surface area contributed by atoms with E-state index >= 15 is 0 Å². The molecule has 2 heteroatoms.